The van der Waals surface area contributed by atoms with Gasteiger partial charge in [-0.05, 0) is 78.4 Å². The summed E-state index contributed by atoms with van der Waals surface area (Å²) in [5, 5.41) is 27.9. The van der Waals surface area contributed by atoms with Gasteiger partial charge in [0.2, 0.25) is 0 Å². The third kappa shape index (κ3) is 24.7. The first-order valence-electron chi connectivity index (χ1n) is 14.7. The zero-order chi connectivity index (χ0) is 37.7. The predicted molar refractivity (Wildman–Crippen MR) is 180 cm³/mol. The molecule has 0 saturated heterocycles. The van der Waals surface area contributed by atoms with Gasteiger partial charge in [-0.2, -0.15) is 23.5 Å². The monoisotopic (exact) mass is 728 g/mol. The highest BCUT2D eigenvalue weighted by atomic mass is 32.2. The second-order valence-electron chi connectivity index (χ2n) is 11.9. The molecule has 0 aliphatic heterocycles. The molecule has 4 unspecified atom stereocenters. The number of alkyl carbamates (subject to hydrolysis) is 2. The molecule has 17 nitrogen and oxygen atoms in total. The van der Waals surface area contributed by atoms with Gasteiger partial charge in [0.05, 0.1) is 19.2 Å². The number of hydrogen-bond donors (Lipinski definition) is 6. The number of thioether (sulfide) groups is 2. The molecule has 4 atom stereocenters. The number of carbonyl (C=O) groups excluding carboxylic acids is 6. The molecule has 0 aromatic carbocycles. The van der Waals surface area contributed by atoms with Crippen LogP contribution < -0.4 is 21.3 Å². The molecule has 0 rings (SSSR count). The van der Waals surface area contributed by atoms with E-state index in [0.717, 1.165) is 6.92 Å². The topological polar surface area (TPSA) is 245 Å². The zero-order valence-corrected chi connectivity index (χ0v) is 30.9. The first kappa shape index (κ1) is 46.7. The van der Waals surface area contributed by atoms with Crippen LogP contribution in [0, 0.1) is 0 Å². The summed E-state index contributed by atoms with van der Waals surface area (Å²) < 4.78 is 19.8. The molecule has 0 aromatic heterocycles. The molecular formula is C29H52N4O13S2. The van der Waals surface area contributed by atoms with E-state index >= 15 is 0 Å². The molecule has 4 amide bonds. The van der Waals surface area contributed by atoms with E-state index in [4.69, 9.17) is 19.3 Å². The molecular weight excluding hydrogens is 676 g/mol. The van der Waals surface area contributed by atoms with Gasteiger partial charge in [0.15, 0.2) is 12.2 Å². The lowest BCUT2D eigenvalue weighted by Crippen LogP contribution is -2.54. The van der Waals surface area contributed by atoms with E-state index in [9.17, 15) is 38.7 Å². The van der Waals surface area contributed by atoms with E-state index in [1.165, 1.54) is 30.6 Å². The number of hydrogen-bond acceptors (Lipinski definition) is 14. The van der Waals surface area contributed by atoms with Crippen molar-refractivity contribution in [1.82, 2.24) is 21.3 Å². The number of carboxylic acids is 1. The Labute approximate surface area is 290 Å². The Bertz CT molecular complexity index is 1060. The van der Waals surface area contributed by atoms with Crippen LogP contribution in [0.3, 0.4) is 0 Å². The Morgan fingerprint density at radius 2 is 1.17 bits per heavy atom. The van der Waals surface area contributed by atoms with E-state index in [0.29, 0.717) is 24.3 Å². The van der Waals surface area contributed by atoms with Crippen LogP contribution in [0.1, 0.15) is 61.3 Å². The van der Waals surface area contributed by atoms with Crippen LogP contribution in [0.2, 0.25) is 0 Å². The van der Waals surface area contributed by atoms with Crippen molar-refractivity contribution >= 4 is 65.4 Å². The average Bonchev–Trinajstić information content (AvgIpc) is 2.95. The van der Waals surface area contributed by atoms with Crippen molar-refractivity contribution in [2.24, 2.45) is 0 Å². The molecule has 0 spiro atoms. The summed E-state index contributed by atoms with van der Waals surface area (Å²) in [7, 11) is 1.18. The van der Waals surface area contributed by atoms with Crippen molar-refractivity contribution in [2.75, 3.05) is 44.2 Å². The summed E-state index contributed by atoms with van der Waals surface area (Å²) in [4.78, 5) is 80.9. The number of carboxylic acid groups (broad SMARTS) is 1. The van der Waals surface area contributed by atoms with Gasteiger partial charge in [-0.3, -0.25) is 24.0 Å². The number of aliphatic carboxylic acids is 1. The third-order valence-electron chi connectivity index (χ3n) is 5.29. The number of rotatable bonds is 17. The molecule has 0 aliphatic carbocycles. The van der Waals surface area contributed by atoms with Crippen LogP contribution in [0.4, 0.5) is 9.59 Å². The van der Waals surface area contributed by atoms with E-state index < -0.39 is 83.9 Å². The van der Waals surface area contributed by atoms with Gasteiger partial charge < -0.3 is 50.4 Å². The van der Waals surface area contributed by atoms with Crippen LogP contribution >= 0.6 is 23.5 Å². The van der Waals surface area contributed by atoms with Gasteiger partial charge in [-0.25, -0.2) is 9.59 Å². The summed E-state index contributed by atoms with van der Waals surface area (Å²) in [6.45, 7) is 10.4. The maximum atomic E-state index is 12.4. The van der Waals surface area contributed by atoms with Crippen molar-refractivity contribution in [2.45, 2.75) is 96.8 Å². The number of methoxy groups -OCH3 is 1. The maximum absolute atomic E-state index is 12.4. The third-order valence-corrected chi connectivity index (χ3v) is 6.57. The number of aliphatic hydroxyl groups is 1. The van der Waals surface area contributed by atoms with E-state index in [1.807, 2.05) is 12.5 Å². The van der Waals surface area contributed by atoms with Crippen molar-refractivity contribution in [3.8, 4) is 0 Å². The zero-order valence-electron chi connectivity index (χ0n) is 29.3. The lowest BCUT2D eigenvalue weighted by Gasteiger charge is -2.28. The molecule has 278 valence electrons. The summed E-state index contributed by atoms with van der Waals surface area (Å²) in [5.41, 5.74) is -1.43. The van der Waals surface area contributed by atoms with Gasteiger partial charge in [0.25, 0.3) is 11.8 Å². The van der Waals surface area contributed by atoms with Gasteiger partial charge in [0.1, 0.15) is 24.3 Å². The van der Waals surface area contributed by atoms with Gasteiger partial charge in [-0.1, -0.05) is 0 Å². The normalized spacial score (nSPS) is 13.5. The fourth-order valence-electron chi connectivity index (χ4n) is 3.29. The van der Waals surface area contributed by atoms with Crippen LogP contribution in [-0.4, -0.2) is 132 Å². The number of ether oxygens (including phenoxy) is 4. The smallest absolute Gasteiger partial charge is 0.408 e. The Balaban J connectivity index is 0. The summed E-state index contributed by atoms with van der Waals surface area (Å²) in [6.07, 6.45) is 0.0527. The molecule has 19 heteroatoms. The molecule has 0 heterocycles. The van der Waals surface area contributed by atoms with Gasteiger partial charge in [-0.15, -0.1) is 0 Å². The molecule has 0 saturated carbocycles. The van der Waals surface area contributed by atoms with Gasteiger partial charge in [0, 0.05) is 6.92 Å². The standard InChI is InChI=1S/C16H28N2O7S.C13H24N2O6S/c1-10(19)24-13(14(21)17-9-12(20)23-5)11(7-8-26-6)18-15(22)25-16(2,3)4;1-13(2,3)21-12(20)15-8(5-6-22-4)10(18)11(19)14-7-9(16)17/h11,13H,7-9H2,1-6H3,(H,17,21)(H,18,22);8,10,18H,5-7H2,1-4H3,(H,14,19)(H,15,20)(H,16,17). The summed E-state index contributed by atoms with van der Waals surface area (Å²) in [6, 6.07) is -1.69. The number of aliphatic hydroxyl groups excluding tert-OH is 1. The first-order valence-corrected chi connectivity index (χ1v) is 17.5. The molecule has 6 N–H and O–H groups in total. The van der Waals surface area contributed by atoms with Gasteiger partial charge >= 0.3 is 30.1 Å². The number of nitrogens with one attached hydrogen (secondary N) is 4. The van der Waals surface area contributed by atoms with Crippen LogP contribution in [0.25, 0.3) is 0 Å². The summed E-state index contributed by atoms with van der Waals surface area (Å²) in [5.74, 6) is -2.94. The van der Waals surface area contributed by atoms with E-state index in [1.54, 1.807) is 41.5 Å². The summed E-state index contributed by atoms with van der Waals surface area (Å²) >= 11 is 2.99. The second-order valence-corrected chi connectivity index (χ2v) is 13.9. The average molecular weight is 729 g/mol. The Morgan fingerprint density at radius 1 is 0.729 bits per heavy atom. The maximum Gasteiger partial charge on any atom is 0.408 e. The molecule has 48 heavy (non-hydrogen) atoms. The number of amides is 4. The SMILES string of the molecule is COC(=O)CNC(=O)C(OC(C)=O)C(CCSC)NC(=O)OC(C)(C)C.CSCCC(NC(=O)OC(C)(C)C)C(O)C(=O)NCC(=O)O. The fraction of sp³-hybridized carbons (Fsp3) is 0.759. The fourth-order valence-corrected chi connectivity index (χ4v) is 4.27. The predicted octanol–water partition coefficient (Wildman–Crippen LogP) is 1.05. The molecule has 0 aromatic rings. The van der Waals surface area contributed by atoms with Crippen molar-refractivity contribution in [3.05, 3.63) is 0 Å². The Hall–Kier alpha value is -3.45. The largest absolute Gasteiger partial charge is 0.480 e. The first-order chi connectivity index (χ1) is 22.1. The highest BCUT2D eigenvalue weighted by Gasteiger charge is 2.34. The highest BCUT2D eigenvalue weighted by Crippen LogP contribution is 2.13. The molecule has 0 radical (unpaired) electrons. The second kappa shape index (κ2) is 23.8. The van der Waals surface area contributed by atoms with E-state index in [-0.39, 0.29) is 6.54 Å². The molecule has 0 bridgehead atoms. The van der Waals surface area contributed by atoms with Crippen molar-refractivity contribution < 1.29 is 62.7 Å². The lowest BCUT2D eigenvalue weighted by atomic mass is 10.1. The number of esters is 2. The van der Waals surface area contributed by atoms with Crippen LogP contribution in [0.15, 0.2) is 0 Å². The molecule has 0 aliphatic rings. The molecule has 0 fully saturated rings. The van der Waals surface area contributed by atoms with Crippen molar-refractivity contribution in [3.63, 3.8) is 0 Å². The lowest BCUT2D eigenvalue weighted by molar-refractivity contribution is -0.156. The van der Waals surface area contributed by atoms with Crippen molar-refractivity contribution in [1.29, 1.82) is 0 Å². The highest BCUT2D eigenvalue weighted by molar-refractivity contribution is 7.98. The minimum absolute atomic E-state index is 0.335. The van der Waals surface area contributed by atoms with Crippen LogP contribution in [-0.2, 0) is 42.9 Å². The minimum atomic E-state index is -1.56. The quantitative estimate of drug-likeness (QED) is 0.0905. The minimum Gasteiger partial charge on any atom is -0.480 e. The number of carbonyl (C=O) groups is 7. The Kier molecular flexibility index (Phi) is 23.1. The Morgan fingerprint density at radius 3 is 1.56 bits per heavy atom. The van der Waals surface area contributed by atoms with E-state index in [2.05, 4.69) is 26.0 Å². The van der Waals surface area contributed by atoms with Crippen LogP contribution in [0.5, 0.6) is 0 Å².